The summed E-state index contributed by atoms with van der Waals surface area (Å²) in [6, 6.07) is 15.9. The third-order valence-corrected chi connectivity index (χ3v) is 4.03. The number of rotatable bonds is 3. The molecule has 0 atom stereocenters. The number of phenols is 1. The summed E-state index contributed by atoms with van der Waals surface area (Å²) in [5, 5.41) is 14.4. The highest BCUT2D eigenvalue weighted by Crippen LogP contribution is 2.21. The molecule has 0 spiro atoms. The zero-order valence-electron chi connectivity index (χ0n) is 13.5. The van der Waals surface area contributed by atoms with Crippen molar-refractivity contribution in [1.29, 1.82) is 0 Å². The van der Waals surface area contributed by atoms with Crippen molar-refractivity contribution in [3.05, 3.63) is 76.4 Å². The van der Waals surface area contributed by atoms with Crippen LogP contribution in [0.4, 0.5) is 0 Å². The number of aryl methyl sites for hydroxylation is 1. The van der Waals surface area contributed by atoms with E-state index in [1.807, 2.05) is 24.3 Å². The maximum absolute atomic E-state index is 12.3. The Morgan fingerprint density at radius 3 is 2.80 bits per heavy atom. The van der Waals surface area contributed by atoms with Gasteiger partial charge < -0.3 is 14.2 Å². The molecule has 0 aliphatic rings. The standard InChI is InChI=1S/C19H15N3O3/c1-12-20-19(21-25-12)15-4-2-3-13(9-15)11-22-17-7-6-16(23)10-14(17)5-8-18(22)24/h2-10,23H,11H2,1H3. The molecule has 4 rings (SSSR count). The van der Waals surface area contributed by atoms with Crippen LogP contribution in [-0.2, 0) is 6.54 Å². The number of nitrogens with zero attached hydrogens (tertiary/aromatic N) is 3. The van der Waals surface area contributed by atoms with Crippen molar-refractivity contribution in [2.24, 2.45) is 0 Å². The molecule has 2 aromatic heterocycles. The van der Waals surface area contributed by atoms with E-state index in [1.165, 1.54) is 6.07 Å². The normalized spacial score (nSPS) is 11.1. The summed E-state index contributed by atoms with van der Waals surface area (Å²) in [5.74, 6) is 1.20. The van der Waals surface area contributed by atoms with E-state index in [2.05, 4.69) is 10.1 Å². The quantitative estimate of drug-likeness (QED) is 0.623. The van der Waals surface area contributed by atoms with E-state index >= 15 is 0 Å². The highest BCUT2D eigenvalue weighted by atomic mass is 16.5. The number of benzene rings is 2. The SMILES string of the molecule is Cc1nc(-c2cccc(Cn3c(=O)ccc4cc(O)ccc43)c2)no1. The molecule has 25 heavy (non-hydrogen) atoms. The lowest BCUT2D eigenvalue weighted by molar-refractivity contribution is 0.394. The van der Waals surface area contributed by atoms with Crippen LogP contribution in [0.3, 0.4) is 0 Å². The summed E-state index contributed by atoms with van der Waals surface area (Å²) < 4.78 is 6.70. The fraction of sp³-hybridized carbons (Fsp3) is 0.105. The maximum atomic E-state index is 12.3. The van der Waals surface area contributed by atoms with Crippen molar-refractivity contribution in [2.75, 3.05) is 0 Å². The Morgan fingerprint density at radius 2 is 2.00 bits per heavy atom. The molecule has 4 aromatic rings. The van der Waals surface area contributed by atoms with Crippen LogP contribution in [0.1, 0.15) is 11.5 Å². The van der Waals surface area contributed by atoms with Gasteiger partial charge in [0.15, 0.2) is 0 Å². The van der Waals surface area contributed by atoms with Gasteiger partial charge in [-0.2, -0.15) is 4.98 Å². The largest absolute Gasteiger partial charge is 0.508 e. The molecule has 0 aliphatic heterocycles. The molecule has 1 N–H and O–H groups in total. The zero-order chi connectivity index (χ0) is 17.4. The second kappa shape index (κ2) is 5.90. The van der Waals surface area contributed by atoms with Gasteiger partial charge in [-0.05, 0) is 35.9 Å². The van der Waals surface area contributed by atoms with E-state index < -0.39 is 0 Å². The Morgan fingerprint density at radius 1 is 1.12 bits per heavy atom. The third-order valence-electron chi connectivity index (χ3n) is 4.03. The van der Waals surface area contributed by atoms with Gasteiger partial charge in [-0.25, -0.2) is 0 Å². The molecule has 0 unspecified atom stereocenters. The van der Waals surface area contributed by atoms with Crippen LogP contribution in [0.25, 0.3) is 22.3 Å². The van der Waals surface area contributed by atoms with Crippen molar-refractivity contribution in [2.45, 2.75) is 13.5 Å². The molecule has 0 fully saturated rings. The first-order chi connectivity index (χ1) is 12.1. The van der Waals surface area contributed by atoms with Gasteiger partial charge in [0.25, 0.3) is 5.56 Å². The van der Waals surface area contributed by atoms with Crippen LogP contribution in [0.15, 0.2) is 63.9 Å². The topological polar surface area (TPSA) is 81.2 Å². The average Bonchev–Trinajstić information content (AvgIpc) is 3.04. The van der Waals surface area contributed by atoms with Crippen molar-refractivity contribution in [3.8, 4) is 17.1 Å². The van der Waals surface area contributed by atoms with Crippen molar-refractivity contribution < 1.29 is 9.63 Å². The number of aromatic hydroxyl groups is 1. The van der Waals surface area contributed by atoms with Gasteiger partial charge in [0.1, 0.15) is 5.75 Å². The van der Waals surface area contributed by atoms with E-state index in [9.17, 15) is 9.90 Å². The first-order valence-electron chi connectivity index (χ1n) is 7.82. The number of pyridine rings is 1. The van der Waals surface area contributed by atoms with Gasteiger partial charge in [-0.3, -0.25) is 4.79 Å². The molecule has 6 heteroatoms. The van der Waals surface area contributed by atoms with Gasteiger partial charge in [-0.15, -0.1) is 0 Å². The number of aromatic nitrogens is 3. The van der Waals surface area contributed by atoms with E-state index in [1.54, 1.807) is 35.8 Å². The minimum atomic E-state index is -0.0981. The smallest absolute Gasteiger partial charge is 0.251 e. The summed E-state index contributed by atoms with van der Waals surface area (Å²) in [4.78, 5) is 16.6. The summed E-state index contributed by atoms with van der Waals surface area (Å²) in [6.45, 7) is 2.15. The van der Waals surface area contributed by atoms with Crippen LogP contribution in [-0.4, -0.2) is 19.8 Å². The molecule has 0 aliphatic carbocycles. The fourth-order valence-corrected chi connectivity index (χ4v) is 2.86. The second-order valence-corrected chi connectivity index (χ2v) is 5.84. The Kier molecular flexibility index (Phi) is 3.57. The maximum Gasteiger partial charge on any atom is 0.251 e. The van der Waals surface area contributed by atoms with E-state index in [4.69, 9.17) is 4.52 Å². The monoisotopic (exact) mass is 333 g/mol. The van der Waals surface area contributed by atoms with Crippen LogP contribution < -0.4 is 5.56 Å². The van der Waals surface area contributed by atoms with Gasteiger partial charge in [0.2, 0.25) is 11.7 Å². The van der Waals surface area contributed by atoms with Crippen LogP contribution in [0.2, 0.25) is 0 Å². The van der Waals surface area contributed by atoms with E-state index in [0.29, 0.717) is 18.3 Å². The number of hydrogen-bond acceptors (Lipinski definition) is 5. The van der Waals surface area contributed by atoms with Gasteiger partial charge >= 0.3 is 0 Å². The number of fused-ring (bicyclic) bond motifs is 1. The predicted molar refractivity (Wildman–Crippen MR) is 93.4 cm³/mol. The van der Waals surface area contributed by atoms with E-state index in [0.717, 1.165) is 22.0 Å². The molecule has 2 aromatic carbocycles. The average molecular weight is 333 g/mol. The summed E-state index contributed by atoms with van der Waals surface area (Å²) in [5.41, 5.74) is 2.45. The van der Waals surface area contributed by atoms with Crippen LogP contribution in [0.5, 0.6) is 5.75 Å². The Bertz CT molecular complexity index is 1130. The number of hydrogen-bond donors (Lipinski definition) is 1. The van der Waals surface area contributed by atoms with Gasteiger partial charge in [0, 0.05) is 23.9 Å². The minimum absolute atomic E-state index is 0.0981. The number of phenolic OH excluding ortho intramolecular Hbond substituents is 1. The Labute approximate surface area is 143 Å². The highest BCUT2D eigenvalue weighted by molar-refractivity contribution is 5.80. The zero-order valence-corrected chi connectivity index (χ0v) is 13.5. The van der Waals surface area contributed by atoms with Gasteiger partial charge in [0.05, 0.1) is 12.1 Å². The lowest BCUT2D eigenvalue weighted by atomic mass is 10.1. The van der Waals surface area contributed by atoms with Crippen LogP contribution in [0, 0.1) is 6.92 Å². The minimum Gasteiger partial charge on any atom is -0.508 e. The Hall–Kier alpha value is -3.41. The molecule has 0 radical (unpaired) electrons. The predicted octanol–water partition coefficient (Wildman–Crippen LogP) is 3.11. The van der Waals surface area contributed by atoms with Crippen molar-refractivity contribution in [3.63, 3.8) is 0 Å². The lowest BCUT2D eigenvalue weighted by Gasteiger charge is -2.11. The van der Waals surface area contributed by atoms with Crippen LogP contribution >= 0.6 is 0 Å². The first kappa shape index (κ1) is 15.1. The molecule has 2 heterocycles. The molecular formula is C19H15N3O3. The molecule has 0 saturated heterocycles. The molecule has 124 valence electrons. The molecular weight excluding hydrogens is 318 g/mol. The molecule has 0 amide bonds. The van der Waals surface area contributed by atoms with E-state index in [-0.39, 0.29) is 11.3 Å². The summed E-state index contributed by atoms with van der Waals surface area (Å²) in [7, 11) is 0. The summed E-state index contributed by atoms with van der Waals surface area (Å²) in [6.07, 6.45) is 0. The molecule has 6 nitrogen and oxygen atoms in total. The lowest BCUT2D eigenvalue weighted by Crippen LogP contribution is -2.19. The molecule has 0 saturated carbocycles. The van der Waals surface area contributed by atoms with Crippen molar-refractivity contribution >= 4 is 10.9 Å². The van der Waals surface area contributed by atoms with Gasteiger partial charge in [-0.1, -0.05) is 23.4 Å². The second-order valence-electron chi connectivity index (χ2n) is 5.84. The fourth-order valence-electron chi connectivity index (χ4n) is 2.86. The van der Waals surface area contributed by atoms with Crippen molar-refractivity contribution in [1.82, 2.24) is 14.7 Å². The summed E-state index contributed by atoms with van der Waals surface area (Å²) >= 11 is 0. The third kappa shape index (κ3) is 2.89. The molecule has 0 bridgehead atoms. The first-order valence-corrected chi connectivity index (χ1v) is 7.82. The highest BCUT2D eigenvalue weighted by Gasteiger charge is 2.09. The Balaban J connectivity index is 1.77.